The maximum Gasteiger partial charge on any atom is 0.264 e. The first-order valence-corrected chi connectivity index (χ1v) is 11.5. The van der Waals surface area contributed by atoms with E-state index in [9.17, 15) is 8.42 Å². The van der Waals surface area contributed by atoms with E-state index in [-0.39, 0.29) is 17.7 Å². The maximum absolute atomic E-state index is 10.9. The molecule has 6 nitrogen and oxygen atoms in total. The third kappa shape index (κ3) is 5.53. The number of nitrogens with zero attached hydrogens (tertiary/aromatic N) is 1. The molecule has 8 heteroatoms. The lowest BCUT2D eigenvalue weighted by atomic mass is 10.2. The maximum atomic E-state index is 10.9. The molecule has 0 saturated carbocycles. The van der Waals surface area contributed by atoms with E-state index in [1.54, 1.807) is 0 Å². The van der Waals surface area contributed by atoms with E-state index >= 15 is 0 Å². The monoisotopic (exact) mass is 335 g/mol. The van der Waals surface area contributed by atoms with Crippen molar-refractivity contribution >= 4 is 18.4 Å². The van der Waals surface area contributed by atoms with Crippen LogP contribution in [0.2, 0.25) is 18.1 Å². The zero-order valence-electron chi connectivity index (χ0n) is 13.8. The topological polar surface area (TPSA) is 78.6 Å². The molecule has 0 aromatic carbocycles. The van der Waals surface area contributed by atoms with Crippen LogP contribution in [0.3, 0.4) is 0 Å². The van der Waals surface area contributed by atoms with Crippen LogP contribution < -0.4 is 0 Å². The molecule has 0 radical (unpaired) electrons. The predicted octanol–water partition coefficient (Wildman–Crippen LogP) is 3.23. The van der Waals surface area contributed by atoms with Crippen molar-refractivity contribution in [2.75, 3.05) is 6.26 Å². The fourth-order valence-electron chi connectivity index (χ4n) is 1.41. The fourth-order valence-corrected chi connectivity index (χ4v) is 3.08. The number of rotatable bonds is 6. The van der Waals surface area contributed by atoms with Crippen LogP contribution in [0.1, 0.15) is 45.4 Å². The molecule has 1 atom stereocenters. The lowest BCUT2D eigenvalue weighted by molar-refractivity contribution is 0.162. The summed E-state index contributed by atoms with van der Waals surface area (Å²) in [5.74, 6) is 0.799. The largest absolute Gasteiger partial charge is 0.440 e. The van der Waals surface area contributed by atoms with Crippen LogP contribution in [0, 0.1) is 0 Å². The van der Waals surface area contributed by atoms with Gasteiger partial charge in [-0.1, -0.05) is 20.8 Å². The Bertz CT molecular complexity index is 574. The zero-order valence-corrected chi connectivity index (χ0v) is 15.6. The minimum atomic E-state index is -3.49. The Morgan fingerprint density at radius 2 is 1.95 bits per heavy atom. The van der Waals surface area contributed by atoms with Gasteiger partial charge in [-0.2, -0.15) is 8.42 Å². The van der Waals surface area contributed by atoms with Crippen molar-refractivity contribution in [2.24, 2.45) is 0 Å². The van der Waals surface area contributed by atoms with Crippen LogP contribution in [0.15, 0.2) is 10.6 Å². The second kappa shape index (κ2) is 6.19. The van der Waals surface area contributed by atoms with Gasteiger partial charge in [0.1, 0.15) is 12.7 Å². The Hall–Kier alpha value is -0.703. The molecule has 0 aliphatic heterocycles. The summed E-state index contributed by atoms with van der Waals surface area (Å²) < 4.78 is 38.2. The molecule has 0 bridgehead atoms. The molecule has 0 saturated heterocycles. The van der Waals surface area contributed by atoms with Crippen molar-refractivity contribution in [1.29, 1.82) is 0 Å². The minimum absolute atomic E-state index is 0.0933. The van der Waals surface area contributed by atoms with Crippen LogP contribution in [0.5, 0.6) is 0 Å². The summed E-state index contributed by atoms with van der Waals surface area (Å²) in [6.45, 7) is 12.5. The summed E-state index contributed by atoms with van der Waals surface area (Å²) in [5, 5.41) is 0.0933. The van der Waals surface area contributed by atoms with Crippen LogP contribution in [-0.2, 0) is 25.3 Å². The van der Waals surface area contributed by atoms with E-state index in [1.807, 2.05) is 6.92 Å². The van der Waals surface area contributed by atoms with Gasteiger partial charge in [0, 0.05) is 0 Å². The highest BCUT2D eigenvalue weighted by Gasteiger charge is 2.39. The van der Waals surface area contributed by atoms with Crippen molar-refractivity contribution < 1.29 is 21.4 Å². The van der Waals surface area contributed by atoms with E-state index in [2.05, 4.69) is 43.0 Å². The molecule has 0 aliphatic rings. The quantitative estimate of drug-likeness (QED) is 0.586. The van der Waals surface area contributed by atoms with Gasteiger partial charge < -0.3 is 8.84 Å². The second-order valence-corrected chi connectivity index (χ2v) is 13.1. The van der Waals surface area contributed by atoms with Crippen molar-refractivity contribution in [1.82, 2.24) is 4.98 Å². The van der Waals surface area contributed by atoms with E-state index in [0.717, 1.165) is 6.26 Å². The summed E-state index contributed by atoms with van der Waals surface area (Å²) >= 11 is 0. The van der Waals surface area contributed by atoms with E-state index in [1.165, 1.54) is 6.20 Å². The first-order valence-electron chi connectivity index (χ1n) is 6.79. The number of oxazole rings is 1. The number of hydrogen-bond donors (Lipinski definition) is 0. The van der Waals surface area contributed by atoms with Gasteiger partial charge in [0.25, 0.3) is 10.1 Å². The highest BCUT2D eigenvalue weighted by Crippen LogP contribution is 2.39. The third-order valence-corrected chi connectivity index (χ3v) is 8.71. The van der Waals surface area contributed by atoms with Crippen molar-refractivity contribution in [3.63, 3.8) is 0 Å². The molecule has 0 amide bonds. The van der Waals surface area contributed by atoms with E-state index in [0.29, 0.717) is 11.7 Å². The number of hydrogen-bond acceptors (Lipinski definition) is 6. The predicted molar refractivity (Wildman–Crippen MR) is 82.8 cm³/mol. The van der Waals surface area contributed by atoms with Gasteiger partial charge in [-0.05, 0) is 25.1 Å². The smallest absolute Gasteiger partial charge is 0.264 e. The van der Waals surface area contributed by atoms with Gasteiger partial charge in [0.05, 0.1) is 12.5 Å². The fraction of sp³-hybridized carbons (Fsp3) is 0.769. The van der Waals surface area contributed by atoms with E-state index < -0.39 is 18.4 Å². The summed E-state index contributed by atoms with van der Waals surface area (Å²) in [4.78, 5) is 4.14. The molecule has 0 aliphatic carbocycles. The van der Waals surface area contributed by atoms with Crippen LogP contribution in [-0.4, -0.2) is 28.0 Å². The van der Waals surface area contributed by atoms with Gasteiger partial charge in [-0.3, -0.25) is 4.18 Å². The molecule has 1 heterocycles. The zero-order chi connectivity index (χ0) is 16.5. The molecule has 1 rings (SSSR count). The van der Waals surface area contributed by atoms with Crippen molar-refractivity contribution in [3.8, 4) is 0 Å². The Morgan fingerprint density at radius 1 is 1.38 bits per heavy atom. The summed E-state index contributed by atoms with van der Waals surface area (Å²) in [6, 6.07) is 0. The molecule has 1 aromatic heterocycles. The van der Waals surface area contributed by atoms with Crippen LogP contribution in [0.25, 0.3) is 0 Å². The normalized spacial score (nSPS) is 15.2. The van der Waals surface area contributed by atoms with Gasteiger partial charge >= 0.3 is 0 Å². The summed E-state index contributed by atoms with van der Waals surface area (Å²) in [6.07, 6.45) is 2.18. The van der Waals surface area contributed by atoms with Gasteiger partial charge in [-0.15, -0.1) is 0 Å². The van der Waals surface area contributed by atoms with Gasteiger partial charge in [0.2, 0.25) is 5.89 Å². The molecular formula is C13H25NO5SSi. The van der Waals surface area contributed by atoms with Crippen molar-refractivity contribution in [3.05, 3.63) is 17.8 Å². The average Bonchev–Trinajstić information content (AvgIpc) is 2.71. The third-order valence-electron chi connectivity index (χ3n) is 3.61. The van der Waals surface area contributed by atoms with Crippen LogP contribution in [0.4, 0.5) is 0 Å². The molecule has 0 N–H and O–H groups in total. The highest BCUT2D eigenvalue weighted by atomic mass is 32.2. The Labute approximate surface area is 128 Å². The second-order valence-electron chi connectivity index (χ2n) is 6.65. The summed E-state index contributed by atoms with van der Waals surface area (Å²) in [5.41, 5.74) is 0. The van der Waals surface area contributed by atoms with Crippen LogP contribution >= 0.6 is 0 Å². The molecule has 122 valence electrons. The molecule has 1 unspecified atom stereocenters. The van der Waals surface area contributed by atoms with Crippen molar-refractivity contribution in [2.45, 2.75) is 58.5 Å². The SMILES string of the molecule is CC(O[Si](C)(C)C(C)(C)C)c1ncc(COS(C)(=O)=O)o1. The van der Waals surface area contributed by atoms with Gasteiger partial charge in [0.15, 0.2) is 14.1 Å². The highest BCUT2D eigenvalue weighted by molar-refractivity contribution is 7.85. The summed E-state index contributed by atoms with van der Waals surface area (Å²) in [7, 11) is -5.41. The van der Waals surface area contributed by atoms with Gasteiger partial charge in [-0.25, -0.2) is 4.98 Å². The lowest BCUT2D eigenvalue weighted by Gasteiger charge is -2.37. The average molecular weight is 335 g/mol. The number of aromatic nitrogens is 1. The van der Waals surface area contributed by atoms with E-state index in [4.69, 9.17) is 8.84 Å². The standard InChI is InChI=1S/C13H25NO5SSi/c1-10(19-21(6,7)13(2,3)4)12-14-8-11(18-12)9-17-20(5,15)16/h8,10H,9H2,1-7H3. The molecule has 0 fully saturated rings. The Morgan fingerprint density at radius 3 is 2.43 bits per heavy atom. The minimum Gasteiger partial charge on any atom is -0.440 e. The molecule has 1 aromatic rings. The Kier molecular flexibility index (Phi) is 5.41. The molecule has 21 heavy (non-hydrogen) atoms. The Balaban J connectivity index is 2.72. The first-order chi connectivity index (χ1) is 9.32. The molecule has 0 spiro atoms. The lowest BCUT2D eigenvalue weighted by Crippen LogP contribution is -2.41. The molecular weight excluding hydrogens is 310 g/mol. The first kappa shape index (κ1) is 18.3.